The molecule has 0 saturated heterocycles. The molecule has 2 amide bonds. The summed E-state index contributed by atoms with van der Waals surface area (Å²) in [5, 5.41) is 4.97. The zero-order chi connectivity index (χ0) is 17.8. The molecule has 1 heterocycles. The van der Waals surface area contributed by atoms with Crippen LogP contribution in [0.2, 0.25) is 0 Å². The largest absolute Gasteiger partial charge is 0.365 e. The van der Waals surface area contributed by atoms with E-state index in [2.05, 4.69) is 11.4 Å². The first-order chi connectivity index (χ1) is 12.0. The summed E-state index contributed by atoms with van der Waals surface area (Å²) in [4.78, 5) is 24.2. The van der Waals surface area contributed by atoms with E-state index in [0.717, 1.165) is 24.0 Å². The highest BCUT2D eigenvalue weighted by Gasteiger charge is 2.15. The molecular weight excluding hydrogens is 332 g/mol. The number of hydrogen-bond donors (Lipinski definition) is 2. The van der Waals surface area contributed by atoms with Crippen LogP contribution >= 0.6 is 11.3 Å². The predicted octanol–water partition coefficient (Wildman–Crippen LogP) is 4.13. The highest BCUT2D eigenvalue weighted by molar-refractivity contribution is 7.12. The highest BCUT2D eigenvalue weighted by atomic mass is 32.1. The number of amides is 2. The molecule has 3 rings (SSSR count). The molecule has 2 aromatic rings. The van der Waals surface area contributed by atoms with Crippen molar-refractivity contribution >= 4 is 23.2 Å². The molecule has 4 nitrogen and oxygen atoms in total. The lowest BCUT2D eigenvalue weighted by Crippen LogP contribution is -2.34. The Morgan fingerprint density at radius 3 is 2.52 bits per heavy atom. The smallest absolute Gasteiger partial charge is 0.258 e. The molecule has 1 aliphatic carbocycles. The molecule has 3 N–H and O–H groups in total. The average molecular weight is 354 g/mol. The van der Waals surface area contributed by atoms with Gasteiger partial charge in [-0.25, -0.2) is 0 Å². The number of carbonyl (C=O) groups is 2. The molecule has 1 unspecified atom stereocenters. The Morgan fingerprint density at radius 1 is 1.16 bits per heavy atom. The van der Waals surface area contributed by atoms with E-state index in [1.54, 1.807) is 6.07 Å². The van der Waals surface area contributed by atoms with Crippen molar-refractivity contribution < 1.29 is 9.59 Å². The third-order valence-electron chi connectivity index (χ3n) is 4.55. The van der Waals surface area contributed by atoms with E-state index in [9.17, 15) is 9.59 Å². The van der Waals surface area contributed by atoms with Crippen molar-refractivity contribution in [2.75, 3.05) is 0 Å². The van der Waals surface area contributed by atoms with Crippen LogP contribution < -0.4 is 11.1 Å². The normalized spacial score (nSPS) is 15.3. The molecular formula is C20H22N2O2S. The van der Waals surface area contributed by atoms with E-state index in [1.807, 2.05) is 36.6 Å². The van der Waals surface area contributed by atoms with E-state index in [-0.39, 0.29) is 11.9 Å². The minimum Gasteiger partial charge on any atom is -0.365 e. The van der Waals surface area contributed by atoms with Gasteiger partial charge in [-0.1, -0.05) is 23.8 Å². The van der Waals surface area contributed by atoms with Crippen LogP contribution in [0.1, 0.15) is 52.6 Å². The van der Waals surface area contributed by atoms with E-state index in [0.29, 0.717) is 10.4 Å². The standard InChI is InChI=1S/C20H22N2O2S/c1-13(14-5-3-2-4-6-14)22-20(24)16-9-7-15(8-10-16)17-11-18(19(21)23)25-12-17/h5,7-13H,2-4,6H2,1H3,(H2,21,23)(H,22,24). The Balaban J connectivity index is 1.67. The molecule has 1 aromatic heterocycles. The van der Waals surface area contributed by atoms with Crippen molar-refractivity contribution in [1.82, 2.24) is 5.32 Å². The Hall–Kier alpha value is -2.40. The van der Waals surface area contributed by atoms with Crippen molar-refractivity contribution in [3.63, 3.8) is 0 Å². The van der Waals surface area contributed by atoms with Crippen LogP contribution in [-0.4, -0.2) is 17.9 Å². The average Bonchev–Trinajstić information content (AvgIpc) is 3.13. The lowest BCUT2D eigenvalue weighted by Gasteiger charge is -2.21. The number of thiophene rings is 1. The molecule has 0 fully saturated rings. The van der Waals surface area contributed by atoms with Gasteiger partial charge in [0.25, 0.3) is 11.8 Å². The second-order valence-corrected chi connectivity index (χ2v) is 7.27. The first-order valence-corrected chi connectivity index (χ1v) is 9.41. The fourth-order valence-corrected chi connectivity index (χ4v) is 3.83. The van der Waals surface area contributed by atoms with Gasteiger partial charge in [0.1, 0.15) is 0 Å². The Kier molecular flexibility index (Phi) is 5.34. The summed E-state index contributed by atoms with van der Waals surface area (Å²) in [7, 11) is 0. The van der Waals surface area contributed by atoms with Gasteiger partial charge in [-0.2, -0.15) is 0 Å². The maximum atomic E-state index is 12.4. The first kappa shape index (κ1) is 17.4. The zero-order valence-electron chi connectivity index (χ0n) is 14.2. The van der Waals surface area contributed by atoms with Gasteiger partial charge in [0, 0.05) is 11.6 Å². The topological polar surface area (TPSA) is 72.2 Å². The summed E-state index contributed by atoms with van der Waals surface area (Å²) in [5.41, 5.74) is 9.15. The zero-order valence-corrected chi connectivity index (χ0v) is 15.1. The minimum atomic E-state index is -0.418. The number of allylic oxidation sites excluding steroid dienone is 1. The van der Waals surface area contributed by atoms with Crippen molar-refractivity contribution in [3.8, 4) is 11.1 Å². The molecule has 0 bridgehead atoms. The SMILES string of the molecule is CC(NC(=O)c1ccc(-c2csc(C(N)=O)c2)cc1)C1=CCCCC1. The van der Waals surface area contributed by atoms with Gasteiger partial charge in [-0.05, 0) is 67.3 Å². The second kappa shape index (κ2) is 7.66. The third-order valence-corrected chi connectivity index (χ3v) is 5.50. The summed E-state index contributed by atoms with van der Waals surface area (Å²) < 4.78 is 0. The molecule has 25 heavy (non-hydrogen) atoms. The van der Waals surface area contributed by atoms with Crippen molar-refractivity contribution in [2.24, 2.45) is 5.73 Å². The lowest BCUT2D eigenvalue weighted by atomic mass is 9.94. The summed E-state index contributed by atoms with van der Waals surface area (Å²) >= 11 is 1.33. The van der Waals surface area contributed by atoms with Crippen LogP contribution in [0.4, 0.5) is 0 Å². The fraction of sp³-hybridized carbons (Fsp3) is 0.300. The van der Waals surface area contributed by atoms with E-state index < -0.39 is 5.91 Å². The fourth-order valence-electron chi connectivity index (χ4n) is 3.06. The van der Waals surface area contributed by atoms with Gasteiger partial charge in [-0.15, -0.1) is 11.3 Å². The van der Waals surface area contributed by atoms with Gasteiger partial charge in [0.15, 0.2) is 0 Å². The second-order valence-electron chi connectivity index (χ2n) is 6.36. The number of benzene rings is 1. The minimum absolute atomic E-state index is 0.0614. The van der Waals surface area contributed by atoms with Crippen LogP contribution in [0, 0.1) is 0 Å². The molecule has 1 aromatic carbocycles. The number of primary amides is 1. The summed E-state index contributed by atoms with van der Waals surface area (Å²) in [5.74, 6) is -0.480. The molecule has 1 atom stereocenters. The highest BCUT2D eigenvalue weighted by Crippen LogP contribution is 2.26. The molecule has 0 spiro atoms. The Bertz CT molecular complexity index is 805. The summed E-state index contributed by atoms with van der Waals surface area (Å²) in [6.07, 6.45) is 6.88. The van der Waals surface area contributed by atoms with Crippen molar-refractivity contribution in [2.45, 2.75) is 38.6 Å². The quantitative estimate of drug-likeness (QED) is 0.792. The molecule has 1 aliphatic rings. The summed E-state index contributed by atoms with van der Waals surface area (Å²) in [6, 6.07) is 9.27. The molecule has 0 aliphatic heterocycles. The van der Waals surface area contributed by atoms with Crippen LogP contribution in [0.5, 0.6) is 0 Å². The van der Waals surface area contributed by atoms with Gasteiger partial charge in [0.2, 0.25) is 0 Å². The van der Waals surface area contributed by atoms with Crippen LogP contribution in [0.25, 0.3) is 11.1 Å². The number of nitrogens with one attached hydrogen (secondary N) is 1. The molecule has 5 heteroatoms. The molecule has 130 valence electrons. The number of hydrogen-bond acceptors (Lipinski definition) is 3. The Morgan fingerprint density at radius 2 is 1.92 bits per heavy atom. The van der Waals surface area contributed by atoms with E-state index in [4.69, 9.17) is 5.73 Å². The van der Waals surface area contributed by atoms with E-state index >= 15 is 0 Å². The van der Waals surface area contributed by atoms with Gasteiger partial charge in [0.05, 0.1) is 4.88 Å². The van der Waals surface area contributed by atoms with Crippen molar-refractivity contribution in [1.29, 1.82) is 0 Å². The van der Waals surface area contributed by atoms with Crippen LogP contribution in [-0.2, 0) is 0 Å². The number of nitrogens with two attached hydrogens (primary N) is 1. The molecule has 0 radical (unpaired) electrons. The van der Waals surface area contributed by atoms with Gasteiger partial charge < -0.3 is 11.1 Å². The number of carbonyl (C=O) groups excluding carboxylic acids is 2. The van der Waals surface area contributed by atoms with Gasteiger partial charge >= 0.3 is 0 Å². The number of rotatable bonds is 5. The Labute approximate surface area is 151 Å². The maximum Gasteiger partial charge on any atom is 0.258 e. The summed E-state index contributed by atoms with van der Waals surface area (Å²) in [6.45, 7) is 2.04. The monoisotopic (exact) mass is 354 g/mol. The van der Waals surface area contributed by atoms with E-state index in [1.165, 1.54) is 29.8 Å². The first-order valence-electron chi connectivity index (χ1n) is 8.53. The van der Waals surface area contributed by atoms with Gasteiger partial charge in [-0.3, -0.25) is 9.59 Å². The van der Waals surface area contributed by atoms with Crippen LogP contribution in [0.15, 0.2) is 47.4 Å². The maximum absolute atomic E-state index is 12.4. The predicted molar refractivity (Wildman–Crippen MR) is 102 cm³/mol. The lowest BCUT2D eigenvalue weighted by molar-refractivity contribution is 0.0943. The third kappa shape index (κ3) is 4.17. The van der Waals surface area contributed by atoms with Crippen molar-refractivity contribution in [3.05, 3.63) is 57.8 Å². The molecule has 0 saturated carbocycles. The van der Waals surface area contributed by atoms with Crippen LogP contribution in [0.3, 0.4) is 0 Å².